The first-order valence-electron chi connectivity index (χ1n) is 6.36. The van der Waals surface area contributed by atoms with Crippen LogP contribution in [-0.4, -0.2) is 5.11 Å². The van der Waals surface area contributed by atoms with E-state index in [0.717, 1.165) is 16.8 Å². The molecule has 0 spiro atoms. The zero-order valence-electron chi connectivity index (χ0n) is 11.2. The van der Waals surface area contributed by atoms with Crippen LogP contribution < -0.4 is 4.74 Å². The number of hydrogen-bond acceptors (Lipinski definition) is 3. The molecule has 0 amide bonds. The summed E-state index contributed by atoms with van der Waals surface area (Å²) in [4.78, 5) is 0. The summed E-state index contributed by atoms with van der Waals surface area (Å²) in [6, 6.07) is 14.0. The van der Waals surface area contributed by atoms with Gasteiger partial charge in [0.2, 0.25) is 0 Å². The molecule has 0 saturated carbocycles. The smallest absolute Gasteiger partial charge is 0.169 e. The first-order valence-corrected chi connectivity index (χ1v) is 6.74. The number of fused-ring (bicyclic) bond motifs is 1. The van der Waals surface area contributed by atoms with Gasteiger partial charge in [0.1, 0.15) is 11.6 Å². The molecule has 0 bridgehead atoms. The topological polar surface area (TPSA) is 53.2 Å². The maximum Gasteiger partial charge on any atom is 0.169 e. The zero-order valence-corrected chi connectivity index (χ0v) is 11.9. The maximum atomic E-state index is 13.0. The molecule has 0 radical (unpaired) electrons. The molecule has 0 fully saturated rings. The maximum absolute atomic E-state index is 13.0. The monoisotopic (exact) mass is 313 g/mol. The molecule has 0 atom stereocenters. The van der Waals surface area contributed by atoms with E-state index in [4.69, 9.17) is 21.6 Å². The van der Waals surface area contributed by atoms with Crippen LogP contribution in [0.3, 0.4) is 0 Å². The Bertz CT molecular complexity index is 918. The first kappa shape index (κ1) is 14.2. The quantitative estimate of drug-likeness (QED) is 0.724. The van der Waals surface area contributed by atoms with Gasteiger partial charge in [-0.2, -0.15) is 5.26 Å². The molecule has 0 aromatic heterocycles. The van der Waals surface area contributed by atoms with E-state index in [1.807, 2.05) is 0 Å². The number of nitrogens with zero attached hydrogens (tertiary/aromatic N) is 1. The minimum atomic E-state index is -0.556. The summed E-state index contributed by atoms with van der Waals surface area (Å²) in [5.41, 5.74) is 0.505. The number of aromatic hydroxyl groups is 1. The van der Waals surface area contributed by atoms with Gasteiger partial charge in [-0.3, -0.25) is 0 Å². The fourth-order valence-corrected chi connectivity index (χ4v) is 2.37. The lowest BCUT2D eigenvalue weighted by molar-refractivity contribution is 0.409. The summed E-state index contributed by atoms with van der Waals surface area (Å²) in [6.45, 7) is 0. The van der Waals surface area contributed by atoms with Gasteiger partial charge in [-0.15, -0.1) is 0 Å². The number of ether oxygens (including phenoxy) is 1. The van der Waals surface area contributed by atoms with Crippen LogP contribution in [0, 0.1) is 17.1 Å². The molecule has 22 heavy (non-hydrogen) atoms. The summed E-state index contributed by atoms with van der Waals surface area (Å²) in [6.07, 6.45) is 0. The van der Waals surface area contributed by atoms with Crippen LogP contribution in [0.2, 0.25) is 5.02 Å². The van der Waals surface area contributed by atoms with Crippen LogP contribution >= 0.6 is 11.6 Å². The second-order valence-corrected chi connectivity index (χ2v) is 5.10. The Morgan fingerprint density at radius 2 is 1.86 bits per heavy atom. The third-order valence-electron chi connectivity index (χ3n) is 3.15. The van der Waals surface area contributed by atoms with Gasteiger partial charge in [0, 0.05) is 22.5 Å². The van der Waals surface area contributed by atoms with Crippen molar-refractivity contribution in [1.82, 2.24) is 0 Å². The fourth-order valence-electron chi connectivity index (χ4n) is 2.15. The summed E-state index contributed by atoms with van der Waals surface area (Å²) >= 11 is 6.07. The Morgan fingerprint density at radius 3 is 2.59 bits per heavy atom. The standard InChI is InChI=1S/C17H9ClFNO2/c18-12-6-11-5-10(9-20)1-3-14(11)17(7-12)22-16-4-2-13(19)8-15(16)21/h1-8,21H. The molecular weight excluding hydrogens is 305 g/mol. The lowest BCUT2D eigenvalue weighted by atomic mass is 10.1. The van der Waals surface area contributed by atoms with Crippen molar-refractivity contribution >= 4 is 22.4 Å². The Hall–Kier alpha value is -2.77. The molecule has 0 aliphatic heterocycles. The zero-order chi connectivity index (χ0) is 15.7. The van der Waals surface area contributed by atoms with Gasteiger partial charge in [0.05, 0.1) is 11.6 Å². The molecule has 3 nitrogen and oxygen atoms in total. The number of nitriles is 1. The molecule has 3 rings (SSSR count). The van der Waals surface area contributed by atoms with Crippen molar-refractivity contribution in [2.24, 2.45) is 0 Å². The highest BCUT2D eigenvalue weighted by molar-refractivity contribution is 6.31. The van der Waals surface area contributed by atoms with E-state index in [1.54, 1.807) is 30.3 Å². The third-order valence-corrected chi connectivity index (χ3v) is 3.37. The van der Waals surface area contributed by atoms with Gasteiger partial charge in [0.15, 0.2) is 11.5 Å². The molecule has 0 aliphatic carbocycles. The third kappa shape index (κ3) is 2.67. The van der Waals surface area contributed by atoms with E-state index in [2.05, 4.69) is 6.07 Å². The van der Waals surface area contributed by atoms with Crippen LogP contribution in [0.15, 0.2) is 48.5 Å². The number of benzene rings is 3. The second-order valence-electron chi connectivity index (χ2n) is 4.67. The van der Waals surface area contributed by atoms with Gasteiger partial charge in [-0.25, -0.2) is 4.39 Å². The highest BCUT2D eigenvalue weighted by Gasteiger charge is 2.10. The molecule has 3 aromatic carbocycles. The number of halogens is 2. The molecule has 3 aromatic rings. The van der Waals surface area contributed by atoms with Crippen molar-refractivity contribution in [3.63, 3.8) is 0 Å². The molecule has 0 aliphatic rings. The van der Waals surface area contributed by atoms with Gasteiger partial charge >= 0.3 is 0 Å². The summed E-state index contributed by atoms with van der Waals surface area (Å²) in [5, 5.41) is 20.6. The molecular formula is C17H9ClFNO2. The number of phenols is 1. The van der Waals surface area contributed by atoms with Gasteiger partial charge in [-0.1, -0.05) is 11.6 Å². The fraction of sp³-hybridized carbons (Fsp3) is 0. The molecule has 0 saturated heterocycles. The van der Waals surface area contributed by atoms with Gasteiger partial charge in [-0.05, 0) is 41.8 Å². The SMILES string of the molecule is N#Cc1ccc2c(Oc3ccc(F)cc3O)cc(Cl)cc2c1. The minimum absolute atomic E-state index is 0.120. The predicted molar refractivity (Wildman–Crippen MR) is 81.8 cm³/mol. The van der Waals surface area contributed by atoms with Crippen molar-refractivity contribution in [2.75, 3.05) is 0 Å². The normalized spacial score (nSPS) is 10.4. The largest absolute Gasteiger partial charge is 0.504 e. The highest BCUT2D eigenvalue weighted by Crippen LogP contribution is 2.37. The Morgan fingerprint density at radius 1 is 1.05 bits per heavy atom. The Kier molecular flexibility index (Phi) is 3.58. The van der Waals surface area contributed by atoms with Gasteiger partial charge in [0.25, 0.3) is 0 Å². The van der Waals surface area contributed by atoms with Crippen LogP contribution in [0.5, 0.6) is 17.2 Å². The predicted octanol–water partition coefficient (Wildman–Crippen LogP) is 5.00. The molecule has 0 unspecified atom stereocenters. The van der Waals surface area contributed by atoms with E-state index in [-0.39, 0.29) is 11.5 Å². The molecule has 108 valence electrons. The Balaban J connectivity index is 2.12. The van der Waals surface area contributed by atoms with Crippen LogP contribution in [-0.2, 0) is 0 Å². The number of phenolic OH excluding ortho intramolecular Hbond substituents is 1. The lowest BCUT2D eigenvalue weighted by Crippen LogP contribution is -1.88. The van der Waals surface area contributed by atoms with Crippen LogP contribution in [0.4, 0.5) is 4.39 Å². The van der Waals surface area contributed by atoms with Crippen molar-refractivity contribution in [3.05, 3.63) is 64.9 Å². The molecule has 1 N–H and O–H groups in total. The van der Waals surface area contributed by atoms with Crippen LogP contribution in [0.1, 0.15) is 5.56 Å². The summed E-state index contributed by atoms with van der Waals surface area (Å²) in [5.74, 6) is -0.329. The summed E-state index contributed by atoms with van der Waals surface area (Å²) < 4.78 is 18.7. The highest BCUT2D eigenvalue weighted by atomic mass is 35.5. The second kappa shape index (κ2) is 5.55. The van der Waals surface area contributed by atoms with Crippen LogP contribution in [0.25, 0.3) is 10.8 Å². The molecule has 5 heteroatoms. The van der Waals surface area contributed by atoms with Crippen molar-refractivity contribution in [2.45, 2.75) is 0 Å². The van der Waals surface area contributed by atoms with E-state index in [9.17, 15) is 9.50 Å². The lowest BCUT2D eigenvalue weighted by Gasteiger charge is -2.11. The van der Waals surface area contributed by atoms with E-state index >= 15 is 0 Å². The average Bonchev–Trinajstić information content (AvgIpc) is 2.49. The van der Waals surface area contributed by atoms with Crippen molar-refractivity contribution in [1.29, 1.82) is 5.26 Å². The van der Waals surface area contributed by atoms with Crippen molar-refractivity contribution < 1.29 is 14.2 Å². The number of rotatable bonds is 2. The summed E-state index contributed by atoms with van der Waals surface area (Å²) in [7, 11) is 0. The minimum Gasteiger partial charge on any atom is -0.504 e. The van der Waals surface area contributed by atoms with Crippen molar-refractivity contribution in [3.8, 4) is 23.3 Å². The van der Waals surface area contributed by atoms with E-state index in [0.29, 0.717) is 16.3 Å². The van der Waals surface area contributed by atoms with Gasteiger partial charge < -0.3 is 9.84 Å². The average molecular weight is 314 g/mol. The molecule has 0 heterocycles. The number of hydrogen-bond donors (Lipinski definition) is 1. The Labute approximate surface area is 130 Å². The van der Waals surface area contributed by atoms with E-state index in [1.165, 1.54) is 12.1 Å². The van der Waals surface area contributed by atoms with E-state index < -0.39 is 5.82 Å². The first-order chi connectivity index (χ1) is 10.6.